The van der Waals surface area contributed by atoms with Gasteiger partial charge in [0.1, 0.15) is 0 Å². The first-order chi connectivity index (χ1) is 6.39. The molecule has 14 heavy (non-hydrogen) atoms. The highest BCUT2D eigenvalue weighted by Crippen LogP contribution is 2.28. The van der Waals surface area contributed by atoms with Crippen molar-refractivity contribution in [3.8, 4) is 0 Å². The third kappa shape index (κ3) is 3.30. The molecule has 0 aliphatic carbocycles. The normalized spacial score (nSPS) is 14.1. The molecule has 80 valence electrons. The quantitative estimate of drug-likeness (QED) is 0.832. The lowest BCUT2D eigenvalue weighted by Crippen LogP contribution is -2.11. The Bertz CT molecular complexity index is 299. The minimum atomic E-state index is -4.48. The van der Waals surface area contributed by atoms with Crippen LogP contribution in [0.1, 0.15) is 12.7 Å². The van der Waals surface area contributed by atoms with E-state index in [1.807, 2.05) is 0 Å². The van der Waals surface area contributed by atoms with E-state index in [0.717, 1.165) is 0 Å². The fourth-order valence-corrected chi connectivity index (χ4v) is 1.31. The summed E-state index contributed by atoms with van der Waals surface area (Å²) < 4.78 is 39.2. The molecule has 1 aromatic rings. The van der Waals surface area contributed by atoms with Crippen molar-refractivity contribution in [1.29, 1.82) is 0 Å². The Morgan fingerprint density at radius 2 is 2.21 bits per heavy atom. The van der Waals surface area contributed by atoms with Gasteiger partial charge in [-0.2, -0.15) is 22.5 Å². The molecule has 3 nitrogen and oxygen atoms in total. The second kappa shape index (κ2) is 4.31. The molecule has 1 heterocycles. The van der Waals surface area contributed by atoms with Gasteiger partial charge in [-0.15, -0.1) is 11.6 Å². The molecule has 0 bridgehead atoms. The summed E-state index contributed by atoms with van der Waals surface area (Å²) in [5.41, 5.74) is 0. The van der Waals surface area contributed by atoms with E-state index >= 15 is 0 Å². The van der Waals surface area contributed by atoms with E-state index in [1.54, 1.807) is 6.92 Å². The Hall–Kier alpha value is -0.560. The van der Waals surface area contributed by atoms with Crippen LogP contribution in [0.3, 0.4) is 0 Å². The molecule has 1 N–H and O–H groups in total. The fourth-order valence-electron chi connectivity index (χ4n) is 0.638. The maximum absolute atomic E-state index is 12.0. The van der Waals surface area contributed by atoms with Crippen molar-refractivity contribution >= 4 is 28.3 Å². The first-order valence-electron chi connectivity index (χ1n) is 3.68. The van der Waals surface area contributed by atoms with Gasteiger partial charge < -0.3 is 5.32 Å². The van der Waals surface area contributed by atoms with Crippen molar-refractivity contribution in [2.75, 3.05) is 11.9 Å². The van der Waals surface area contributed by atoms with Gasteiger partial charge in [0.05, 0.1) is 0 Å². The molecule has 1 unspecified atom stereocenters. The Kier molecular flexibility index (Phi) is 3.54. The Labute approximate surface area is 87.5 Å². The van der Waals surface area contributed by atoms with Crippen molar-refractivity contribution in [2.24, 2.45) is 0 Å². The number of alkyl halides is 4. The maximum Gasteiger partial charge on any atom is 0.452 e. The highest BCUT2D eigenvalue weighted by atomic mass is 35.5. The first kappa shape index (κ1) is 11.5. The molecule has 1 aromatic heterocycles. The number of hydrogen-bond donors (Lipinski definition) is 1. The van der Waals surface area contributed by atoms with Gasteiger partial charge in [-0.3, -0.25) is 0 Å². The van der Waals surface area contributed by atoms with Gasteiger partial charge in [0.15, 0.2) is 0 Å². The van der Waals surface area contributed by atoms with E-state index in [2.05, 4.69) is 14.7 Å². The van der Waals surface area contributed by atoms with Crippen molar-refractivity contribution in [2.45, 2.75) is 18.5 Å². The van der Waals surface area contributed by atoms with Gasteiger partial charge in [-0.05, 0) is 6.92 Å². The van der Waals surface area contributed by atoms with E-state index in [9.17, 15) is 13.2 Å². The van der Waals surface area contributed by atoms with Crippen LogP contribution in [0.2, 0.25) is 0 Å². The second-order valence-corrected chi connectivity index (χ2v) is 4.08. The van der Waals surface area contributed by atoms with E-state index in [1.165, 1.54) is 0 Å². The molecule has 1 rings (SSSR count). The molecule has 0 amide bonds. The predicted octanol–water partition coefficient (Wildman–Crippen LogP) is 2.60. The maximum atomic E-state index is 12.0. The molecule has 8 heteroatoms. The van der Waals surface area contributed by atoms with Gasteiger partial charge in [0.25, 0.3) is 0 Å². The Morgan fingerprint density at radius 3 is 2.64 bits per heavy atom. The summed E-state index contributed by atoms with van der Waals surface area (Å²) in [4.78, 5) is 3.27. The number of halogens is 4. The van der Waals surface area contributed by atoms with Gasteiger partial charge in [0, 0.05) is 23.5 Å². The zero-order chi connectivity index (χ0) is 10.8. The van der Waals surface area contributed by atoms with Crippen LogP contribution >= 0.6 is 23.1 Å². The molecule has 0 spiro atoms. The fraction of sp³-hybridized carbons (Fsp3) is 0.667. The lowest BCUT2D eigenvalue weighted by Gasteiger charge is -2.02. The average molecular weight is 246 g/mol. The standard InChI is InChI=1S/C6H7ClF3N3S/c1-3(7)2-11-5-12-4(13-14-5)6(8,9)10/h3H,2H2,1H3,(H,11,12,13). The summed E-state index contributed by atoms with van der Waals surface area (Å²) in [6.45, 7) is 2.08. The van der Waals surface area contributed by atoms with Gasteiger partial charge in [-0.25, -0.2) is 0 Å². The Morgan fingerprint density at radius 1 is 1.57 bits per heavy atom. The molecule has 0 saturated heterocycles. The summed E-state index contributed by atoms with van der Waals surface area (Å²) >= 11 is 6.26. The predicted molar refractivity (Wildman–Crippen MR) is 48.7 cm³/mol. The highest BCUT2D eigenvalue weighted by molar-refractivity contribution is 7.09. The van der Waals surface area contributed by atoms with Crippen LogP contribution in [-0.4, -0.2) is 21.3 Å². The lowest BCUT2D eigenvalue weighted by molar-refractivity contribution is -0.144. The molecule has 0 fully saturated rings. The van der Waals surface area contributed by atoms with Gasteiger partial charge >= 0.3 is 6.18 Å². The van der Waals surface area contributed by atoms with Crippen molar-refractivity contribution in [3.63, 3.8) is 0 Å². The van der Waals surface area contributed by atoms with Crippen LogP contribution in [0.25, 0.3) is 0 Å². The van der Waals surface area contributed by atoms with Crippen LogP contribution in [0.15, 0.2) is 0 Å². The largest absolute Gasteiger partial charge is 0.452 e. The van der Waals surface area contributed by atoms with E-state index < -0.39 is 12.0 Å². The van der Waals surface area contributed by atoms with Crippen molar-refractivity contribution < 1.29 is 13.2 Å². The van der Waals surface area contributed by atoms with Gasteiger partial charge in [0.2, 0.25) is 11.0 Å². The van der Waals surface area contributed by atoms with Crippen molar-refractivity contribution in [1.82, 2.24) is 9.36 Å². The topological polar surface area (TPSA) is 37.8 Å². The van der Waals surface area contributed by atoms with E-state index in [0.29, 0.717) is 18.1 Å². The van der Waals surface area contributed by atoms with Crippen molar-refractivity contribution in [3.05, 3.63) is 5.82 Å². The third-order valence-electron chi connectivity index (χ3n) is 1.21. The summed E-state index contributed by atoms with van der Waals surface area (Å²) in [7, 11) is 0. The Balaban J connectivity index is 2.60. The molecule has 0 aromatic carbocycles. The average Bonchev–Trinajstić information content (AvgIpc) is 2.47. The van der Waals surface area contributed by atoms with Crippen LogP contribution in [-0.2, 0) is 6.18 Å². The highest BCUT2D eigenvalue weighted by Gasteiger charge is 2.36. The number of nitrogens with zero attached hydrogens (tertiary/aromatic N) is 2. The number of aromatic nitrogens is 2. The monoisotopic (exact) mass is 245 g/mol. The molecule has 0 radical (unpaired) electrons. The van der Waals surface area contributed by atoms with Crippen LogP contribution in [0, 0.1) is 0 Å². The summed E-state index contributed by atoms with van der Waals surface area (Å²) in [6.07, 6.45) is -4.48. The molecule has 0 aliphatic heterocycles. The van der Waals surface area contributed by atoms with Crippen LogP contribution in [0.4, 0.5) is 18.3 Å². The lowest BCUT2D eigenvalue weighted by atomic mass is 10.5. The minimum absolute atomic E-state index is 0.129. The number of hydrogen-bond acceptors (Lipinski definition) is 4. The first-order valence-corrected chi connectivity index (χ1v) is 4.89. The molecular weight excluding hydrogens is 239 g/mol. The zero-order valence-corrected chi connectivity index (χ0v) is 8.67. The second-order valence-electron chi connectivity index (χ2n) is 2.58. The van der Waals surface area contributed by atoms with E-state index in [-0.39, 0.29) is 10.5 Å². The van der Waals surface area contributed by atoms with E-state index in [4.69, 9.17) is 11.6 Å². The van der Waals surface area contributed by atoms with Gasteiger partial charge in [-0.1, -0.05) is 0 Å². The van der Waals surface area contributed by atoms with Crippen LogP contribution < -0.4 is 5.32 Å². The summed E-state index contributed by atoms with van der Waals surface area (Å²) in [5.74, 6) is -1.12. The third-order valence-corrected chi connectivity index (χ3v) is 2.04. The molecule has 0 aliphatic rings. The molecule has 1 atom stereocenters. The smallest absolute Gasteiger partial charge is 0.359 e. The SMILES string of the molecule is CC(Cl)CNc1nc(C(F)(F)F)ns1. The summed E-state index contributed by atoms with van der Waals surface area (Å²) in [6, 6.07) is 0. The summed E-state index contributed by atoms with van der Waals surface area (Å²) in [5, 5.41) is 2.61. The van der Waals surface area contributed by atoms with Crippen LogP contribution in [0.5, 0.6) is 0 Å². The number of rotatable bonds is 3. The minimum Gasteiger partial charge on any atom is -0.359 e. The number of anilines is 1. The molecule has 0 saturated carbocycles. The molecular formula is C6H7ClF3N3S. The zero-order valence-electron chi connectivity index (χ0n) is 7.10. The number of nitrogens with one attached hydrogen (secondary N) is 1.